The van der Waals surface area contributed by atoms with Crippen LogP contribution in [0.4, 0.5) is 0 Å². The van der Waals surface area contributed by atoms with Gasteiger partial charge in [0.15, 0.2) is 0 Å². The van der Waals surface area contributed by atoms with Gasteiger partial charge in [-0.2, -0.15) is 0 Å². The van der Waals surface area contributed by atoms with E-state index in [1.54, 1.807) is 24.3 Å². The molecule has 0 atom stereocenters. The minimum Gasteiger partial charge on any atom is -0.267 e. The summed E-state index contributed by atoms with van der Waals surface area (Å²) in [5.74, 6) is -0.974. The number of benzene rings is 2. The van der Waals surface area contributed by atoms with E-state index < -0.39 is 11.8 Å². The number of hydrogen-bond acceptors (Lipinski definition) is 3. The molecule has 0 unspecified atom stereocenters. The predicted molar refractivity (Wildman–Crippen MR) is 93.2 cm³/mol. The van der Waals surface area contributed by atoms with Gasteiger partial charge in [-0.05, 0) is 18.2 Å². The number of fused-ring (bicyclic) bond motifs is 1. The first-order valence-corrected chi connectivity index (χ1v) is 8.17. The smallest absolute Gasteiger partial charge is 0.267 e. The molecule has 0 saturated carbocycles. The van der Waals surface area contributed by atoms with Crippen LogP contribution >= 0.6 is 34.5 Å². The molecule has 2 amide bonds. The van der Waals surface area contributed by atoms with E-state index in [2.05, 4.69) is 10.9 Å². The highest BCUT2D eigenvalue weighted by Crippen LogP contribution is 2.34. The second kappa shape index (κ2) is 6.58. The van der Waals surface area contributed by atoms with Gasteiger partial charge in [0.2, 0.25) is 0 Å². The summed E-state index contributed by atoms with van der Waals surface area (Å²) in [5.41, 5.74) is 4.96. The van der Waals surface area contributed by atoms with Crippen molar-refractivity contribution in [1.82, 2.24) is 10.9 Å². The average molecular weight is 365 g/mol. The topological polar surface area (TPSA) is 58.2 Å². The first-order chi connectivity index (χ1) is 11.1. The van der Waals surface area contributed by atoms with Gasteiger partial charge in [0.1, 0.15) is 4.88 Å². The van der Waals surface area contributed by atoms with E-state index >= 15 is 0 Å². The minimum atomic E-state index is -0.499. The monoisotopic (exact) mass is 364 g/mol. The van der Waals surface area contributed by atoms with Crippen molar-refractivity contribution in [2.45, 2.75) is 0 Å². The molecular weight excluding hydrogens is 355 g/mol. The molecule has 2 N–H and O–H groups in total. The Morgan fingerprint density at radius 3 is 2.26 bits per heavy atom. The van der Waals surface area contributed by atoms with E-state index in [1.165, 1.54) is 11.3 Å². The molecule has 0 radical (unpaired) electrons. The second-order valence-corrected chi connectivity index (χ2v) is 6.47. The Balaban J connectivity index is 1.75. The first-order valence-electron chi connectivity index (χ1n) is 6.60. The SMILES string of the molecule is O=C(NNC(=O)c1sc2ccccc2c1Cl)c1ccccc1Cl. The lowest BCUT2D eigenvalue weighted by molar-refractivity contribution is 0.0849. The van der Waals surface area contributed by atoms with E-state index in [9.17, 15) is 9.59 Å². The molecule has 3 rings (SSSR count). The van der Waals surface area contributed by atoms with E-state index in [0.29, 0.717) is 14.9 Å². The number of amides is 2. The highest BCUT2D eigenvalue weighted by Gasteiger charge is 2.18. The van der Waals surface area contributed by atoms with Crippen molar-refractivity contribution in [3.8, 4) is 0 Å². The van der Waals surface area contributed by atoms with Crippen LogP contribution in [0.2, 0.25) is 10.0 Å². The lowest BCUT2D eigenvalue weighted by atomic mass is 10.2. The van der Waals surface area contributed by atoms with Crippen LogP contribution in [0, 0.1) is 0 Å². The van der Waals surface area contributed by atoms with Crippen LogP contribution in [0.15, 0.2) is 48.5 Å². The Morgan fingerprint density at radius 1 is 0.870 bits per heavy atom. The van der Waals surface area contributed by atoms with Gasteiger partial charge in [0.05, 0.1) is 15.6 Å². The molecule has 4 nitrogen and oxygen atoms in total. The van der Waals surface area contributed by atoms with Gasteiger partial charge in [-0.25, -0.2) is 0 Å². The van der Waals surface area contributed by atoms with Gasteiger partial charge in [-0.15, -0.1) is 11.3 Å². The normalized spacial score (nSPS) is 10.5. The van der Waals surface area contributed by atoms with Crippen LogP contribution in [-0.4, -0.2) is 11.8 Å². The fraction of sp³-hybridized carbons (Fsp3) is 0. The molecule has 3 aromatic rings. The average Bonchev–Trinajstić information content (AvgIpc) is 2.90. The molecule has 0 aliphatic carbocycles. The zero-order valence-electron chi connectivity index (χ0n) is 11.6. The molecule has 0 aliphatic heterocycles. The lowest BCUT2D eigenvalue weighted by Gasteiger charge is -2.07. The van der Waals surface area contributed by atoms with Crippen LogP contribution in [-0.2, 0) is 0 Å². The molecule has 0 saturated heterocycles. The molecule has 116 valence electrons. The summed E-state index contributed by atoms with van der Waals surface area (Å²) in [6.45, 7) is 0. The van der Waals surface area contributed by atoms with Crippen LogP contribution in [0.25, 0.3) is 10.1 Å². The fourth-order valence-corrected chi connectivity index (χ4v) is 3.68. The Labute approximate surface area is 146 Å². The van der Waals surface area contributed by atoms with Crippen molar-refractivity contribution < 1.29 is 9.59 Å². The van der Waals surface area contributed by atoms with Crippen molar-refractivity contribution in [2.24, 2.45) is 0 Å². The first kappa shape index (κ1) is 15.8. The third kappa shape index (κ3) is 3.17. The standard InChI is InChI=1S/C16H10Cl2N2O2S/c17-11-7-3-1-5-9(11)15(21)19-20-16(22)14-13(18)10-6-2-4-8-12(10)23-14/h1-8H,(H,19,21)(H,20,22). The maximum absolute atomic E-state index is 12.2. The van der Waals surface area contributed by atoms with E-state index in [4.69, 9.17) is 23.2 Å². The second-order valence-electron chi connectivity index (χ2n) is 4.63. The largest absolute Gasteiger partial charge is 0.281 e. The van der Waals surface area contributed by atoms with Crippen molar-refractivity contribution in [1.29, 1.82) is 0 Å². The number of hydrogen-bond donors (Lipinski definition) is 2. The molecule has 0 fully saturated rings. The Kier molecular flexibility index (Phi) is 4.52. The van der Waals surface area contributed by atoms with Crippen molar-refractivity contribution in [3.05, 3.63) is 69.0 Å². The Hall–Kier alpha value is -2.08. The maximum atomic E-state index is 12.2. The van der Waals surface area contributed by atoms with Gasteiger partial charge in [0, 0.05) is 10.1 Å². The van der Waals surface area contributed by atoms with Gasteiger partial charge in [0.25, 0.3) is 11.8 Å². The summed E-state index contributed by atoms with van der Waals surface area (Å²) >= 11 is 13.4. The summed E-state index contributed by atoms with van der Waals surface area (Å²) in [6, 6.07) is 14.0. The molecule has 0 spiro atoms. The third-order valence-corrected chi connectivity index (χ3v) is 5.15. The van der Waals surface area contributed by atoms with Crippen LogP contribution in [0.3, 0.4) is 0 Å². The lowest BCUT2D eigenvalue weighted by Crippen LogP contribution is -2.41. The van der Waals surface area contributed by atoms with E-state index in [0.717, 1.165) is 10.1 Å². The quantitative estimate of drug-likeness (QED) is 0.666. The minimum absolute atomic E-state index is 0.275. The zero-order valence-corrected chi connectivity index (χ0v) is 13.9. The highest BCUT2D eigenvalue weighted by molar-refractivity contribution is 7.21. The van der Waals surface area contributed by atoms with Crippen molar-refractivity contribution >= 4 is 56.4 Å². The number of rotatable bonds is 2. The molecule has 0 bridgehead atoms. The van der Waals surface area contributed by atoms with Crippen molar-refractivity contribution in [2.75, 3.05) is 0 Å². The predicted octanol–water partition coefficient (Wildman–Crippen LogP) is 4.28. The number of halogens is 2. The Bertz CT molecular complexity index is 908. The molecule has 23 heavy (non-hydrogen) atoms. The fourth-order valence-electron chi connectivity index (χ4n) is 2.04. The van der Waals surface area contributed by atoms with Crippen molar-refractivity contribution in [3.63, 3.8) is 0 Å². The van der Waals surface area contributed by atoms with Crippen LogP contribution in [0.1, 0.15) is 20.0 Å². The Morgan fingerprint density at radius 2 is 1.52 bits per heavy atom. The van der Waals surface area contributed by atoms with E-state index in [1.807, 2.05) is 24.3 Å². The molecule has 2 aromatic carbocycles. The maximum Gasteiger partial charge on any atom is 0.281 e. The number of carbonyl (C=O) groups excluding carboxylic acids is 2. The third-order valence-electron chi connectivity index (χ3n) is 3.15. The van der Waals surface area contributed by atoms with Gasteiger partial charge in [-0.3, -0.25) is 20.4 Å². The van der Waals surface area contributed by atoms with Gasteiger partial charge < -0.3 is 0 Å². The summed E-state index contributed by atoms with van der Waals surface area (Å²) < 4.78 is 0.903. The van der Waals surface area contributed by atoms with Crippen LogP contribution < -0.4 is 10.9 Å². The molecular formula is C16H10Cl2N2O2S. The zero-order chi connectivity index (χ0) is 16.4. The molecule has 0 aliphatic rings. The van der Waals surface area contributed by atoms with Crippen LogP contribution in [0.5, 0.6) is 0 Å². The number of thiophene rings is 1. The summed E-state index contributed by atoms with van der Waals surface area (Å²) in [7, 11) is 0. The van der Waals surface area contributed by atoms with Gasteiger partial charge in [-0.1, -0.05) is 53.5 Å². The number of carbonyl (C=O) groups is 2. The molecule has 1 heterocycles. The van der Waals surface area contributed by atoms with Gasteiger partial charge >= 0.3 is 0 Å². The number of nitrogens with one attached hydrogen (secondary N) is 2. The molecule has 7 heteroatoms. The summed E-state index contributed by atoms with van der Waals surface area (Å²) in [6.07, 6.45) is 0. The highest BCUT2D eigenvalue weighted by atomic mass is 35.5. The van der Waals surface area contributed by atoms with E-state index in [-0.39, 0.29) is 5.56 Å². The summed E-state index contributed by atoms with van der Waals surface area (Å²) in [5, 5.41) is 1.48. The molecule has 1 aromatic heterocycles. The number of hydrazine groups is 1. The summed E-state index contributed by atoms with van der Waals surface area (Å²) in [4.78, 5) is 24.6.